The Morgan fingerprint density at radius 2 is 2.00 bits per heavy atom. The average molecular weight is 327 g/mol. The minimum Gasteiger partial charge on any atom is -0.328 e. The lowest BCUT2D eigenvalue weighted by atomic mass is 10.1. The van der Waals surface area contributed by atoms with Crippen molar-refractivity contribution in [3.05, 3.63) is 45.7 Å². The molecule has 3 nitrogen and oxygen atoms in total. The van der Waals surface area contributed by atoms with Gasteiger partial charge in [-0.05, 0) is 53.0 Å². The lowest BCUT2D eigenvalue weighted by Gasteiger charge is -2.06. The fourth-order valence-electron chi connectivity index (χ4n) is 1.62. The third-order valence-corrected chi connectivity index (χ3v) is 3.65. The number of nitrogens with two attached hydrogens (primary N) is 1. The SMILES string of the molecule is CC(N)Cc1cnc(-c2ccc(Cl)c(Br)c2)nc1. The van der Waals surface area contributed by atoms with E-state index in [1.165, 1.54) is 0 Å². The molecule has 0 fully saturated rings. The Morgan fingerprint density at radius 3 is 2.56 bits per heavy atom. The van der Waals surface area contributed by atoms with E-state index in [1.54, 1.807) is 0 Å². The second kappa shape index (κ2) is 5.78. The Morgan fingerprint density at radius 1 is 1.33 bits per heavy atom. The number of hydrogen-bond donors (Lipinski definition) is 1. The van der Waals surface area contributed by atoms with Crippen LogP contribution in [-0.2, 0) is 6.42 Å². The highest BCUT2D eigenvalue weighted by atomic mass is 79.9. The van der Waals surface area contributed by atoms with E-state index < -0.39 is 0 Å². The average Bonchev–Trinajstić information content (AvgIpc) is 2.33. The summed E-state index contributed by atoms with van der Waals surface area (Å²) in [6, 6.07) is 5.74. The van der Waals surface area contributed by atoms with Gasteiger partial charge in [0.2, 0.25) is 0 Å². The Balaban J connectivity index is 2.25. The Kier molecular flexibility index (Phi) is 4.32. The van der Waals surface area contributed by atoms with Crippen molar-refractivity contribution in [2.75, 3.05) is 0 Å². The maximum atomic E-state index is 5.95. The van der Waals surface area contributed by atoms with Crippen LogP contribution in [0, 0.1) is 0 Å². The fourth-order valence-corrected chi connectivity index (χ4v) is 2.11. The van der Waals surface area contributed by atoms with Gasteiger partial charge in [0.25, 0.3) is 0 Å². The van der Waals surface area contributed by atoms with E-state index in [4.69, 9.17) is 17.3 Å². The molecule has 2 N–H and O–H groups in total. The van der Waals surface area contributed by atoms with Gasteiger partial charge in [0.05, 0.1) is 5.02 Å². The van der Waals surface area contributed by atoms with E-state index in [0.717, 1.165) is 22.0 Å². The molecule has 0 aliphatic carbocycles. The molecule has 1 atom stereocenters. The molecule has 94 valence electrons. The van der Waals surface area contributed by atoms with E-state index in [9.17, 15) is 0 Å². The van der Waals surface area contributed by atoms with Crippen molar-refractivity contribution in [1.82, 2.24) is 9.97 Å². The van der Waals surface area contributed by atoms with Crippen LogP contribution in [0.3, 0.4) is 0 Å². The first kappa shape index (κ1) is 13.5. The Labute approximate surface area is 120 Å². The van der Waals surface area contributed by atoms with Gasteiger partial charge in [0.1, 0.15) is 0 Å². The summed E-state index contributed by atoms with van der Waals surface area (Å²) in [5.74, 6) is 0.681. The largest absolute Gasteiger partial charge is 0.328 e. The second-order valence-corrected chi connectivity index (χ2v) is 5.49. The van der Waals surface area contributed by atoms with Gasteiger partial charge in [-0.25, -0.2) is 9.97 Å². The zero-order chi connectivity index (χ0) is 13.1. The van der Waals surface area contributed by atoms with Crippen LogP contribution < -0.4 is 5.73 Å². The summed E-state index contributed by atoms with van der Waals surface area (Å²) in [6.45, 7) is 1.96. The van der Waals surface area contributed by atoms with Crippen LogP contribution in [0.25, 0.3) is 11.4 Å². The standard InChI is InChI=1S/C13H13BrClN3/c1-8(16)4-9-6-17-13(18-7-9)10-2-3-12(15)11(14)5-10/h2-3,5-8H,4,16H2,1H3. The molecule has 0 radical (unpaired) electrons. The molecule has 0 amide bonds. The molecule has 0 saturated heterocycles. The predicted octanol–water partition coefficient (Wildman–Crippen LogP) is 3.45. The summed E-state index contributed by atoms with van der Waals surface area (Å²) in [5.41, 5.74) is 7.71. The van der Waals surface area contributed by atoms with E-state index in [0.29, 0.717) is 10.8 Å². The van der Waals surface area contributed by atoms with E-state index in [1.807, 2.05) is 37.5 Å². The predicted molar refractivity (Wildman–Crippen MR) is 77.5 cm³/mol. The van der Waals surface area contributed by atoms with Gasteiger partial charge in [-0.3, -0.25) is 0 Å². The molecule has 2 rings (SSSR count). The first-order valence-corrected chi connectivity index (χ1v) is 6.75. The van der Waals surface area contributed by atoms with Gasteiger partial charge in [-0.2, -0.15) is 0 Å². The molecular formula is C13H13BrClN3. The highest BCUT2D eigenvalue weighted by Gasteiger charge is 2.05. The van der Waals surface area contributed by atoms with Gasteiger partial charge in [-0.15, -0.1) is 0 Å². The molecule has 1 heterocycles. The molecule has 0 aliphatic rings. The van der Waals surface area contributed by atoms with Crippen LogP contribution in [0.15, 0.2) is 35.1 Å². The van der Waals surface area contributed by atoms with Crippen LogP contribution >= 0.6 is 27.5 Å². The van der Waals surface area contributed by atoms with Gasteiger partial charge >= 0.3 is 0 Å². The van der Waals surface area contributed by atoms with Crippen LogP contribution in [0.4, 0.5) is 0 Å². The monoisotopic (exact) mass is 325 g/mol. The Hall–Kier alpha value is -0.970. The Bertz CT molecular complexity index is 540. The molecule has 18 heavy (non-hydrogen) atoms. The molecule has 2 aromatic rings. The van der Waals surface area contributed by atoms with Crippen LogP contribution in [0.2, 0.25) is 5.02 Å². The normalized spacial score (nSPS) is 12.4. The van der Waals surface area contributed by atoms with Gasteiger partial charge in [0.15, 0.2) is 5.82 Å². The molecule has 0 bridgehead atoms. The number of rotatable bonds is 3. The van der Waals surface area contributed by atoms with Crippen molar-refractivity contribution in [3.8, 4) is 11.4 Å². The first-order valence-electron chi connectivity index (χ1n) is 5.58. The minimum absolute atomic E-state index is 0.115. The quantitative estimate of drug-likeness (QED) is 0.940. The summed E-state index contributed by atoms with van der Waals surface area (Å²) in [7, 11) is 0. The van der Waals surface area contributed by atoms with E-state index >= 15 is 0 Å². The molecule has 1 aromatic carbocycles. The molecule has 1 unspecified atom stereocenters. The zero-order valence-corrected chi connectivity index (χ0v) is 12.2. The smallest absolute Gasteiger partial charge is 0.159 e. The van der Waals surface area contributed by atoms with E-state index in [-0.39, 0.29) is 6.04 Å². The highest BCUT2D eigenvalue weighted by Crippen LogP contribution is 2.27. The molecule has 0 aliphatic heterocycles. The summed E-state index contributed by atoms with van der Waals surface area (Å²) in [5, 5.41) is 0.673. The van der Waals surface area contributed by atoms with Crippen LogP contribution in [0.5, 0.6) is 0 Å². The maximum Gasteiger partial charge on any atom is 0.159 e. The van der Waals surface area contributed by atoms with Crippen molar-refractivity contribution in [2.24, 2.45) is 5.73 Å². The summed E-state index contributed by atoms with van der Waals surface area (Å²) < 4.78 is 0.838. The first-order chi connectivity index (χ1) is 8.56. The summed E-state index contributed by atoms with van der Waals surface area (Å²) in [4.78, 5) is 8.68. The fraction of sp³-hybridized carbons (Fsp3) is 0.231. The maximum absolute atomic E-state index is 5.95. The molecule has 5 heteroatoms. The number of benzene rings is 1. The topological polar surface area (TPSA) is 51.8 Å². The summed E-state index contributed by atoms with van der Waals surface area (Å²) in [6.07, 6.45) is 4.41. The number of hydrogen-bond acceptors (Lipinski definition) is 3. The number of halogens is 2. The molecule has 1 aromatic heterocycles. The zero-order valence-electron chi connectivity index (χ0n) is 9.90. The van der Waals surface area contributed by atoms with Crippen LogP contribution in [-0.4, -0.2) is 16.0 Å². The van der Waals surface area contributed by atoms with Crippen LogP contribution in [0.1, 0.15) is 12.5 Å². The lowest BCUT2D eigenvalue weighted by Crippen LogP contribution is -2.18. The van der Waals surface area contributed by atoms with Crippen molar-refractivity contribution >= 4 is 27.5 Å². The summed E-state index contributed by atoms with van der Waals surface area (Å²) >= 11 is 9.34. The van der Waals surface area contributed by atoms with E-state index in [2.05, 4.69) is 25.9 Å². The lowest BCUT2D eigenvalue weighted by molar-refractivity contribution is 0.732. The van der Waals surface area contributed by atoms with Gasteiger partial charge in [0, 0.05) is 28.5 Å². The van der Waals surface area contributed by atoms with Crippen molar-refractivity contribution in [1.29, 1.82) is 0 Å². The minimum atomic E-state index is 0.115. The third kappa shape index (κ3) is 3.28. The highest BCUT2D eigenvalue weighted by molar-refractivity contribution is 9.10. The third-order valence-electron chi connectivity index (χ3n) is 2.44. The molecule has 0 saturated carbocycles. The van der Waals surface area contributed by atoms with Crippen molar-refractivity contribution in [2.45, 2.75) is 19.4 Å². The van der Waals surface area contributed by atoms with Gasteiger partial charge in [-0.1, -0.05) is 11.6 Å². The van der Waals surface area contributed by atoms with Crippen molar-refractivity contribution < 1.29 is 0 Å². The number of aromatic nitrogens is 2. The van der Waals surface area contributed by atoms with Crippen molar-refractivity contribution in [3.63, 3.8) is 0 Å². The number of nitrogens with zero attached hydrogens (tertiary/aromatic N) is 2. The van der Waals surface area contributed by atoms with Gasteiger partial charge < -0.3 is 5.73 Å². The second-order valence-electron chi connectivity index (χ2n) is 4.23. The molecular weight excluding hydrogens is 314 g/mol. The molecule has 0 spiro atoms.